The third-order valence-electron chi connectivity index (χ3n) is 3.06. The molecule has 0 spiro atoms. The fourth-order valence-electron chi connectivity index (χ4n) is 2.04. The molecule has 1 rings (SSSR count). The van der Waals surface area contributed by atoms with Crippen LogP contribution >= 0.6 is 0 Å². The van der Waals surface area contributed by atoms with Gasteiger partial charge in [-0.25, -0.2) is 0 Å². The molecule has 0 aromatic heterocycles. The van der Waals surface area contributed by atoms with Crippen molar-refractivity contribution < 1.29 is 9.53 Å². The zero-order valence-corrected chi connectivity index (χ0v) is 10.2. The van der Waals surface area contributed by atoms with Gasteiger partial charge in [0.2, 0.25) is 5.91 Å². The van der Waals surface area contributed by atoms with Crippen LogP contribution in [0.1, 0.15) is 45.4 Å². The molecule has 1 heterocycles. The van der Waals surface area contributed by atoms with Gasteiger partial charge >= 0.3 is 0 Å². The SMILES string of the molecule is CCC(CCN)NC(=O)CC1CCCCO1. The van der Waals surface area contributed by atoms with Gasteiger partial charge in [-0.1, -0.05) is 6.92 Å². The van der Waals surface area contributed by atoms with Gasteiger partial charge in [0.25, 0.3) is 0 Å². The summed E-state index contributed by atoms with van der Waals surface area (Å²) in [5.74, 6) is 0.104. The molecule has 94 valence electrons. The van der Waals surface area contributed by atoms with E-state index >= 15 is 0 Å². The molecule has 1 aliphatic rings. The molecule has 4 heteroatoms. The van der Waals surface area contributed by atoms with E-state index in [1.54, 1.807) is 0 Å². The summed E-state index contributed by atoms with van der Waals surface area (Å²) in [4.78, 5) is 11.7. The number of hydrogen-bond acceptors (Lipinski definition) is 3. The molecule has 1 aliphatic heterocycles. The van der Waals surface area contributed by atoms with Gasteiger partial charge in [0.1, 0.15) is 0 Å². The predicted octanol–water partition coefficient (Wildman–Crippen LogP) is 1.19. The van der Waals surface area contributed by atoms with Crippen molar-refractivity contribution in [2.75, 3.05) is 13.2 Å². The van der Waals surface area contributed by atoms with Gasteiger partial charge in [-0.15, -0.1) is 0 Å². The quantitative estimate of drug-likeness (QED) is 0.717. The molecule has 3 N–H and O–H groups in total. The lowest BCUT2D eigenvalue weighted by Crippen LogP contribution is -2.38. The predicted molar refractivity (Wildman–Crippen MR) is 64.1 cm³/mol. The molecule has 0 radical (unpaired) electrons. The van der Waals surface area contributed by atoms with Gasteiger partial charge < -0.3 is 15.8 Å². The molecule has 1 saturated heterocycles. The minimum Gasteiger partial charge on any atom is -0.378 e. The standard InChI is InChI=1S/C12H24N2O2/c1-2-10(6-7-13)14-12(15)9-11-5-3-4-8-16-11/h10-11H,2-9,13H2,1H3,(H,14,15). The van der Waals surface area contributed by atoms with Crippen LogP contribution in [-0.2, 0) is 9.53 Å². The Morgan fingerprint density at radius 1 is 1.56 bits per heavy atom. The maximum atomic E-state index is 11.7. The van der Waals surface area contributed by atoms with Crippen LogP contribution in [0.4, 0.5) is 0 Å². The second-order valence-corrected chi connectivity index (χ2v) is 4.44. The highest BCUT2D eigenvalue weighted by molar-refractivity contribution is 5.76. The molecule has 0 aromatic rings. The Balaban J connectivity index is 2.22. The van der Waals surface area contributed by atoms with E-state index in [4.69, 9.17) is 10.5 Å². The maximum Gasteiger partial charge on any atom is 0.222 e. The molecule has 0 saturated carbocycles. The van der Waals surface area contributed by atoms with E-state index in [-0.39, 0.29) is 18.1 Å². The highest BCUT2D eigenvalue weighted by atomic mass is 16.5. The lowest BCUT2D eigenvalue weighted by atomic mass is 10.1. The van der Waals surface area contributed by atoms with Crippen LogP contribution in [-0.4, -0.2) is 31.2 Å². The zero-order valence-electron chi connectivity index (χ0n) is 10.2. The molecule has 0 bridgehead atoms. The first-order valence-corrected chi connectivity index (χ1v) is 6.37. The van der Waals surface area contributed by atoms with Crippen LogP contribution in [0.15, 0.2) is 0 Å². The number of ether oxygens (including phenoxy) is 1. The van der Waals surface area contributed by atoms with Gasteiger partial charge in [0.05, 0.1) is 12.5 Å². The highest BCUT2D eigenvalue weighted by Gasteiger charge is 2.18. The number of nitrogens with two attached hydrogens (primary N) is 1. The molecule has 4 nitrogen and oxygen atoms in total. The van der Waals surface area contributed by atoms with Crippen LogP contribution in [0.2, 0.25) is 0 Å². The third kappa shape index (κ3) is 4.94. The van der Waals surface area contributed by atoms with Gasteiger partial charge in [-0.05, 0) is 38.6 Å². The van der Waals surface area contributed by atoms with Crippen molar-refractivity contribution in [3.8, 4) is 0 Å². The van der Waals surface area contributed by atoms with Gasteiger partial charge in [0.15, 0.2) is 0 Å². The fourth-order valence-corrected chi connectivity index (χ4v) is 2.04. The molecule has 2 atom stereocenters. The number of carbonyl (C=O) groups is 1. The number of hydrogen-bond donors (Lipinski definition) is 2. The Kier molecular flexibility index (Phi) is 6.42. The molecule has 1 fully saturated rings. The maximum absolute atomic E-state index is 11.7. The largest absolute Gasteiger partial charge is 0.378 e. The van der Waals surface area contributed by atoms with Crippen LogP contribution in [0.5, 0.6) is 0 Å². The first kappa shape index (κ1) is 13.5. The minimum atomic E-state index is 0.104. The van der Waals surface area contributed by atoms with Crippen molar-refractivity contribution >= 4 is 5.91 Å². The molecule has 0 aliphatic carbocycles. The van der Waals surface area contributed by atoms with Crippen LogP contribution in [0, 0.1) is 0 Å². The molecule has 0 aromatic carbocycles. The number of rotatable bonds is 6. The molecule has 2 unspecified atom stereocenters. The van der Waals surface area contributed by atoms with Crippen molar-refractivity contribution in [1.82, 2.24) is 5.32 Å². The van der Waals surface area contributed by atoms with E-state index < -0.39 is 0 Å². The van der Waals surface area contributed by atoms with E-state index in [9.17, 15) is 4.79 Å². The van der Waals surface area contributed by atoms with Crippen molar-refractivity contribution in [2.45, 2.75) is 57.6 Å². The van der Waals surface area contributed by atoms with E-state index in [1.807, 2.05) is 0 Å². The summed E-state index contributed by atoms with van der Waals surface area (Å²) < 4.78 is 5.54. The Labute approximate surface area is 97.9 Å². The number of nitrogens with one attached hydrogen (secondary N) is 1. The van der Waals surface area contributed by atoms with Crippen LogP contribution in [0.25, 0.3) is 0 Å². The average Bonchev–Trinajstić information content (AvgIpc) is 2.29. The second-order valence-electron chi connectivity index (χ2n) is 4.44. The second kappa shape index (κ2) is 7.63. The smallest absolute Gasteiger partial charge is 0.222 e. The summed E-state index contributed by atoms with van der Waals surface area (Å²) in [6.07, 6.45) is 5.75. The van der Waals surface area contributed by atoms with E-state index in [0.29, 0.717) is 13.0 Å². The van der Waals surface area contributed by atoms with Gasteiger partial charge in [-0.2, -0.15) is 0 Å². The summed E-state index contributed by atoms with van der Waals surface area (Å²) >= 11 is 0. The number of amides is 1. The van der Waals surface area contributed by atoms with Crippen molar-refractivity contribution in [3.63, 3.8) is 0 Å². The Morgan fingerprint density at radius 2 is 2.38 bits per heavy atom. The van der Waals surface area contributed by atoms with Crippen LogP contribution in [0.3, 0.4) is 0 Å². The van der Waals surface area contributed by atoms with E-state index in [0.717, 1.165) is 32.3 Å². The zero-order chi connectivity index (χ0) is 11.8. The first-order valence-electron chi connectivity index (χ1n) is 6.37. The average molecular weight is 228 g/mol. The Bertz CT molecular complexity index is 194. The fraction of sp³-hybridized carbons (Fsp3) is 0.917. The van der Waals surface area contributed by atoms with Crippen LogP contribution < -0.4 is 11.1 Å². The lowest BCUT2D eigenvalue weighted by Gasteiger charge is -2.23. The van der Waals surface area contributed by atoms with E-state index in [1.165, 1.54) is 6.42 Å². The van der Waals surface area contributed by atoms with Crippen molar-refractivity contribution in [3.05, 3.63) is 0 Å². The summed E-state index contributed by atoms with van der Waals surface area (Å²) in [6.45, 7) is 3.49. The normalized spacial score (nSPS) is 22.8. The topological polar surface area (TPSA) is 64.3 Å². The summed E-state index contributed by atoms with van der Waals surface area (Å²) in [5, 5.41) is 3.02. The molecular weight excluding hydrogens is 204 g/mol. The third-order valence-corrected chi connectivity index (χ3v) is 3.06. The molecular formula is C12H24N2O2. The minimum absolute atomic E-state index is 0.104. The number of carbonyl (C=O) groups excluding carboxylic acids is 1. The molecule has 1 amide bonds. The van der Waals surface area contributed by atoms with Gasteiger partial charge in [-0.3, -0.25) is 4.79 Å². The monoisotopic (exact) mass is 228 g/mol. The Hall–Kier alpha value is -0.610. The van der Waals surface area contributed by atoms with Crippen molar-refractivity contribution in [1.29, 1.82) is 0 Å². The highest BCUT2D eigenvalue weighted by Crippen LogP contribution is 2.15. The Morgan fingerprint density at radius 3 is 2.94 bits per heavy atom. The van der Waals surface area contributed by atoms with Crippen molar-refractivity contribution in [2.24, 2.45) is 5.73 Å². The summed E-state index contributed by atoms with van der Waals surface area (Å²) in [6, 6.07) is 0.223. The summed E-state index contributed by atoms with van der Waals surface area (Å²) in [7, 11) is 0. The molecule has 16 heavy (non-hydrogen) atoms. The summed E-state index contributed by atoms with van der Waals surface area (Å²) in [5.41, 5.74) is 5.49. The van der Waals surface area contributed by atoms with Gasteiger partial charge in [0, 0.05) is 12.6 Å². The lowest BCUT2D eigenvalue weighted by molar-refractivity contribution is -0.125. The van der Waals surface area contributed by atoms with E-state index in [2.05, 4.69) is 12.2 Å². The first-order chi connectivity index (χ1) is 7.76.